The van der Waals surface area contributed by atoms with Crippen molar-refractivity contribution >= 4 is 50.5 Å². The van der Waals surface area contributed by atoms with Gasteiger partial charge in [0.15, 0.2) is 5.71 Å². The molecule has 2 bridgehead atoms. The van der Waals surface area contributed by atoms with Crippen molar-refractivity contribution in [1.29, 1.82) is 0 Å². The highest BCUT2D eigenvalue weighted by Crippen LogP contribution is 2.49. The topological polar surface area (TPSA) is 159 Å². The van der Waals surface area contributed by atoms with Crippen LogP contribution in [0.15, 0.2) is 120 Å². The molecule has 434 valence electrons. The molecule has 3 N–H and O–H groups in total. The maximum absolute atomic E-state index is 13.9. The zero-order valence-corrected chi connectivity index (χ0v) is 49.9. The Labute approximate surface area is 477 Å². The van der Waals surface area contributed by atoms with E-state index in [1.165, 1.54) is 81.6 Å². The maximum atomic E-state index is 13.9. The summed E-state index contributed by atoms with van der Waals surface area (Å²) in [5.74, 6) is -0.731. The number of anilines is 2. The Bertz CT molecular complexity index is 2870. The van der Waals surface area contributed by atoms with Gasteiger partial charge in [0, 0.05) is 86.1 Å². The van der Waals surface area contributed by atoms with Gasteiger partial charge in [-0.05, 0) is 74.2 Å². The van der Waals surface area contributed by atoms with Gasteiger partial charge in [-0.25, -0.2) is 12.7 Å². The molecule has 3 fully saturated rings. The van der Waals surface area contributed by atoms with Gasteiger partial charge in [-0.2, -0.15) is 4.58 Å². The van der Waals surface area contributed by atoms with Crippen LogP contribution in [0.1, 0.15) is 83.4 Å². The molecule has 0 saturated carbocycles. The minimum Gasteiger partial charge on any atom is -0.379 e. The van der Waals surface area contributed by atoms with Gasteiger partial charge in [0.2, 0.25) is 33.4 Å². The lowest BCUT2D eigenvalue weighted by atomic mass is 9.81. The monoisotopic (exact) mass is 1120 g/mol. The van der Waals surface area contributed by atoms with Crippen LogP contribution in [-0.4, -0.2) is 182 Å². The molecule has 3 saturated heterocycles. The van der Waals surface area contributed by atoms with Crippen LogP contribution in [0.2, 0.25) is 0 Å². The van der Waals surface area contributed by atoms with Crippen LogP contribution >= 0.6 is 0 Å². The molecule has 5 heterocycles. The zero-order chi connectivity index (χ0) is 57.4. The van der Waals surface area contributed by atoms with E-state index in [9.17, 15) is 22.8 Å². The van der Waals surface area contributed by atoms with Gasteiger partial charge in [0.25, 0.3) is 0 Å². The number of hydrogen-bond donors (Lipinski definition) is 3. The minimum absolute atomic E-state index is 0.0802. The third-order valence-electron chi connectivity index (χ3n) is 16.8. The van der Waals surface area contributed by atoms with Crippen LogP contribution in [0.3, 0.4) is 0 Å². The second-order valence-corrected chi connectivity index (χ2v) is 25.3. The summed E-state index contributed by atoms with van der Waals surface area (Å²) < 4.78 is 50.5. The van der Waals surface area contributed by atoms with Gasteiger partial charge in [-0.1, -0.05) is 87.9 Å². The van der Waals surface area contributed by atoms with E-state index in [-0.39, 0.29) is 60.6 Å². The first-order valence-corrected chi connectivity index (χ1v) is 30.4. The Morgan fingerprint density at radius 1 is 0.738 bits per heavy atom. The lowest BCUT2D eigenvalue weighted by Gasteiger charge is -2.54. The maximum Gasteiger partial charge on any atom is 0.243 e. The number of unbranched alkanes of at least 4 members (excludes halogenated alkanes) is 1. The molecular formula is C63H91N8O8S+3. The number of sulfonamides is 1. The molecule has 5 aliphatic heterocycles. The van der Waals surface area contributed by atoms with Crippen molar-refractivity contribution in [1.82, 2.24) is 14.9 Å². The molecule has 0 spiro atoms. The summed E-state index contributed by atoms with van der Waals surface area (Å²) in [5.41, 5.74) is 8.39. The molecule has 0 aliphatic carbocycles. The largest absolute Gasteiger partial charge is 0.379 e. The number of hydrogen-bond acceptors (Lipinski definition) is 9. The molecule has 3 aromatic rings. The van der Waals surface area contributed by atoms with Crippen molar-refractivity contribution in [3.63, 3.8) is 0 Å². The van der Waals surface area contributed by atoms with Crippen molar-refractivity contribution in [2.45, 2.75) is 88.9 Å². The summed E-state index contributed by atoms with van der Waals surface area (Å²) in [4.78, 5) is 39.9. The second kappa shape index (κ2) is 28.3. The molecule has 5 aliphatic rings. The average molecular weight is 1120 g/mol. The van der Waals surface area contributed by atoms with E-state index >= 15 is 0 Å². The number of benzene rings is 3. The first kappa shape index (κ1) is 61.8. The van der Waals surface area contributed by atoms with Crippen molar-refractivity contribution in [2.24, 2.45) is 0 Å². The number of carbonyl (C=O) groups is 3. The standard InChI is InChI=1S/C63H88N8O8S/c1-9-10-34-69-56-29-28-52(48-54(56)63(4,5)58(69)22-15-13-11-12-14-21-57-62(2,3)53-19-16-17-20-55(53)68(57)7)80(75,76)67(6)33-18-23-59(72)64-32-43-78-45-47-79-46-44-77-42-31-60(73)65-49-61(74)66-51-26-24-50(25-27-51)30-35-71-39-36-70(8,37-40-71)38-41-71/h11-17,19-22,24-29,48H,9-10,18,23,30-47,49H2,1-8H3/p+3. The smallest absolute Gasteiger partial charge is 0.243 e. The van der Waals surface area contributed by atoms with Gasteiger partial charge in [-0.3, -0.25) is 14.4 Å². The third kappa shape index (κ3) is 16.0. The van der Waals surface area contributed by atoms with Crippen molar-refractivity contribution < 1.29 is 50.6 Å². The highest BCUT2D eigenvalue weighted by Gasteiger charge is 2.47. The minimum atomic E-state index is -3.82. The lowest BCUT2D eigenvalue weighted by Crippen LogP contribution is -2.73. The number of piperazine rings is 3. The fourth-order valence-electron chi connectivity index (χ4n) is 11.4. The van der Waals surface area contributed by atoms with Crippen LogP contribution < -0.4 is 20.9 Å². The van der Waals surface area contributed by atoms with E-state index in [1.807, 2.05) is 42.5 Å². The van der Waals surface area contributed by atoms with Gasteiger partial charge < -0.3 is 44.0 Å². The predicted molar refractivity (Wildman–Crippen MR) is 319 cm³/mol. The van der Waals surface area contributed by atoms with E-state index in [0.29, 0.717) is 51.7 Å². The van der Waals surface area contributed by atoms with E-state index in [4.69, 9.17) is 14.2 Å². The average Bonchev–Trinajstić information content (AvgIpc) is 4.02. The SMILES string of the molecule is CCCCN1C(=CC=CC=CC=CC2=[N+](C)c3ccccc3C2(C)C)C(C)(C)c2cc(S(=O)(=O)N(C)CCCC(=O)NCCOCCOCCOCCC(=O)NCC(=O)Nc3ccc(CC[N+]45CC[N+](C)(CC4)CC5)cc3)ccc21. The number of para-hydroxylation sites is 1. The number of quaternary nitrogens is 2. The summed E-state index contributed by atoms with van der Waals surface area (Å²) >= 11 is 0. The normalized spacial score (nSPS) is 20.7. The van der Waals surface area contributed by atoms with Crippen molar-refractivity contribution in [3.8, 4) is 0 Å². The predicted octanol–water partition coefficient (Wildman–Crippen LogP) is 7.39. The van der Waals surface area contributed by atoms with Gasteiger partial charge in [0.1, 0.15) is 46.3 Å². The lowest BCUT2D eigenvalue weighted by molar-refractivity contribution is -1.07. The highest BCUT2D eigenvalue weighted by atomic mass is 32.2. The van der Waals surface area contributed by atoms with E-state index in [2.05, 4.69) is 135 Å². The summed E-state index contributed by atoms with van der Waals surface area (Å²) in [6.07, 6.45) is 18.3. The number of rotatable bonds is 31. The first-order valence-electron chi connectivity index (χ1n) is 28.9. The van der Waals surface area contributed by atoms with Crippen LogP contribution in [-0.2, 0) is 55.9 Å². The Kier molecular flexibility index (Phi) is 21.8. The Balaban J connectivity index is 0.718. The van der Waals surface area contributed by atoms with Crippen molar-refractivity contribution in [3.05, 3.63) is 132 Å². The van der Waals surface area contributed by atoms with Crippen LogP contribution in [0.4, 0.5) is 17.1 Å². The molecule has 0 aromatic heterocycles. The third-order valence-corrected chi connectivity index (χ3v) is 18.6. The first-order chi connectivity index (χ1) is 38.3. The zero-order valence-electron chi connectivity index (χ0n) is 49.1. The number of likely N-dealkylation sites (N-methyl/N-ethyl adjacent to an activating group) is 1. The van der Waals surface area contributed by atoms with Gasteiger partial charge in [0.05, 0.1) is 70.1 Å². The molecule has 17 heteroatoms. The summed E-state index contributed by atoms with van der Waals surface area (Å²) in [6, 6.07) is 22.0. The fourth-order valence-corrected chi connectivity index (χ4v) is 12.7. The number of fused-ring (bicyclic) bond motifs is 5. The molecule has 0 unspecified atom stereocenters. The summed E-state index contributed by atoms with van der Waals surface area (Å²) in [6.45, 7) is 22.9. The molecule has 16 nitrogen and oxygen atoms in total. The van der Waals surface area contributed by atoms with E-state index in [1.54, 1.807) is 13.1 Å². The van der Waals surface area contributed by atoms with E-state index in [0.717, 1.165) is 42.8 Å². The molecule has 8 rings (SSSR count). The summed E-state index contributed by atoms with van der Waals surface area (Å²) in [5, 5.41) is 8.34. The van der Waals surface area contributed by atoms with Crippen molar-refractivity contribution in [2.75, 3.05) is 143 Å². The molecular weight excluding hydrogens is 1030 g/mol. The number of nitrogens with zero attached hydrogens (tertiary/aromatic N) is 5. The Morgan fingerprint density at radius 3 is 2.09 bits per heavy atom. The Hall–Kier alpha value is -5.79. The van der Waals surface area contributed by atoms with Gasteiger partial charge in [-0.15, -0.1) is 0 Å². The molecule has 3 amide bonds. The molecule has 3 aromatic carbocycles. The quantitative estimate of drug-likeness (QED) is 0.0259. The molecule has 0 radical (unpaired) electrons. The highest BCUT2D eigenvalue weighted by molar-refractivity contribution is 7.89. The molecule has 80 heavy (non-hydrogen) atoms. The fraction of sp³-hybridized carbons (Fsp3) is 0.524. The number of carbonyl (C=O) groups excluding carboxylic acids is 3. The summed E-state index contributed by atoms with van der Waals surface area (Å²) in [7, 11) is 2.25. The van der Waals surface area contributed by atoms with Gasteiger partial charge >= 0.3 is 0 Å². The Morgan fingerprint density at radius 2 is 1.39 bits per heavy atom. The second-order valence-electron chi connectivity index (χ2n) is 23.2. The number of nitrogens with one attached hydrogen (secondary N) is 3. The van der Waals surface area contributed by atoms with Crippen LogP contribution in [0.5, 0.6) is 0 Å². The van der Waals surface area contributed by atoms with Crippen LogP contribution in [0.25, 0.3) is 0 Å². The number of allylic oxidation sites excluding steroid dienone is 8. The number of ether oxygens (including phenoxy) is 3. The number of amides is 3. The van der Waals surface area contributed by atoms with Crippen LogP contribution in [0, 0.1) is 0 Å². The van der Waals surface area contributed by atoms with E-state index < -0.39 is 15.4 Å². The molecule has 0 atom stereocenters.